The third kappa shape index (κ3) is 5.18. The van der Waals surface area contributed by atoms with Gasteiger partial charge < -0.3 is 20.9 Å². The maximum Gasteiger partial charge on any atom is 0.152 e. The topological polar surface area (TPSA) is 78.7 Å². The van der Waals surface area contributed by atoms with Crippen molar-refractivity contribution in [3.63, 3.8) is 0 Å². The van der Waals surface area contributed by atoms with Gasteiger partial charge in [-0.05, 0) is 161 Å². The minimum atomic E-state index is -2.79. The molecule has 7 rings (SSSR count). The lowest BCUT2D eigenvalue weighted by molar-refractivity contribution is -0.224. The van der Waals surface area contributed by atoms with Crippen LogP contribution in [0, 0.1) is 45.3 Å². The van der Waals surface area contributed by atoms with Gasteiger partial charge in [0, 0.05) is 43.1 Å². The smallest absolute Gasteiger partial charge is 0.152 e. The minimum Gasteiger partial charge on any atom is -0.399 e. The summed E-state index contributed by atoms with van der Waals surface area (Å²) in [5.41, 5.74) is 10.1. The zero-order chi connectivity index (χ0) is 32.6. The fraction of sp³-hybridized carbons (Fsp3) is 0.846. The zero-order valence-corrected chi connectivity index (χ0v) is 30.6. The number of nitrogens with zero attached hydrogens (tertiary/aromatic N) is 2. The highest BCUT2D eigenvalue weighted by molar-refractivity contribution is 7.91. The summed E-state index contributed by atoms with van der Waals surface area (Å²) in [5.74, 6) is 3.93. The van der Waals surface area contributed by atoms with E-state index in [1.165, 1.54) is 76.4 Å². The fourth-order valence-corrected chi connectivity index (χ4v) is 14.8. The van der Waals surface area contributed by atoms with Crippen LogP contribution in [0.3, 0.4) is 0 Å². The molecule has 1 aromatic rings. The van der Waals surface area contributed by atoms with Gasteiger partial charge in [0.1, 0.15) is 0 Å². The van der Waals surface area contributed by atoms with Gasteiger partial charge in [-0.3, -0.25) is 0 Å². The Morgan fingerprint density at radius 2 is 1.54 bits per heavy atom. The van der Waals surface area contributed by atoms with Crippen molar-refractivity contribution < 1.29 is 8.42 Å². The van der Waals surface area contributed by atoms with Crippen LogP contribution in [0.15, 0.2) is 24.3 Å². The van der Waals surface area contributed by atoms with E-state index in [9.17, 15) is 8.42 Å². The largest absolute Gasteiger partial charge is 0.399 e. The molecule has 3 N–H and O–H groups in total. The molecule has 7 heteroatoms. The van der Waals surface area contributed by atoms with Gasteiger partial charge in [-0.15, -0.1) is 0 Å². The molecule has 4 aliphatic carbocycles. The predicted octanol–water partition coefficient (Wildman–Crippen LogP) is 7.00. The predicted molar refractivity (Wildman–Crippen MR) is 192 cm³/mol. The highest BCUT2D eigenvalue weighted by Gasteiger charge is 2.69. The molecule has 2 heterocycles. The molecule has 0 amide bonds. The molecule has 0 spiro atoms. The lowest BCUT2D eigenvalue weighted by Crippen LogP contribution is -2.69. The number of benzene rings is 1. The van der Waals surface area contributed by atoms with Gasteiger partial charge in [0.25, 0.3) is 0 Å². The Hall–Kier alpha value is -1.31. The lowest BCUT2D eigenvalue weighted by Gasteiger charge is -2.73. The van der Waals surface area contributed by atoms with Gasteiger partial charge in [-0.25, -0.2) is 8.42 Å². The maximum atomic E-state index is 11.8. The minimum absolute atomic E-state index is 0.132. The number of piperidine rings is 1. The molecule has 6 aliphatic rings. The van der Waals surface area contributed by atoms with Crippen molar-refractivity contribution in [3.05, 3.63) is 24.3 Å². The van der Waals surface area contributed by atoms with Crippen LogP contribution in [-0.4, -0.2) is 69.6 Å². The fourth-order valence-electron chi connectivity index (χ4n) is 13.6. The number of fused-ring (bicyclic) bond motifs is 7. The molecule has 0 bridgehead atoms. The first-order valence-corrected chi connectivity index (χ1v) is 20.8. The normalized spacial score (nSPS) is 43.3. The van der Waals surface area contributed by atoms with E-state index < -0.39 is 9.84 Å². The number of hydrogen-bond donors (Lipinski definition) is 2. The second-order valence-electron chi connectivity index (χ2n) is 18.2. The Labute approximate surface area is 280 Å². The number of nitrogens with two attached hydrogens (primary N) is 1. The van der Waals surface area contributed by atoms with E-state index in [0.717, 1.165) is 49.5 Å². The first-order valence-electron chi connectivity index (χ1n) is 19.0. The molecule has 2 unspecified atom stereocenters. The lowest BCUT2D eigenvalue weighted by atomic mass is 9.33. The third-order valence-electron chi connectivity index (χ3n) is 16.2. The summed E-state index contributed by atoms with van der Waals surface area (Å²) in [4.78, 5) is 5.06. The molecule has 0 radical (unpaired) electrons. The molecule has 258 valence electrons. The molecule has 8 atom stereocenters. The highest BCUT2D eigenvalue weighted by Crippen LogP contribution is 2.76. The van der Waals surface area contributed by atoms with E-state index in [2.05, 4.69) is 74.0 Å². The molecular formula is C39H64N4O2S. The molecule has 46 heavy (non-hydrogen) atoms. The summed E-state index contributed by atoms with van der Waals surface area (Å²) in [6.45, 7) is 19.2. The van der Waals surface area contributed by atoms with Crippen LogP contribution in [0.4, 0.5) is 11.4 Å². The van der Waals surface area contributed by atoms with Gasteiger partial charge in [-0.1, -0.05) is 27.2 Å². The van der Waals surface area contributed by atoms with E-state index in [0.29, 0.717) is 52.2 Å². The second kappa shape index (κ2) is 11.6. The van der Waals surface area contributed by atoms with Crippen molar-refractivity contribution in [2.75, 3.05) is 61.4 Å². The molecule has 6 nitrogen and oxygen atoms in total. The van der Waals surface area contributed by atoms with Crippen LogP contribution < -0.4 is 16.0 Å². The van der Waals surface area contributed by atoms with Gasteiger partial charge >= 0.3 is 0 Å². The molecule has 4 saturated carbocycles. The van der Waals surface area contributed by atoms with Crippen molar-refractivity contribution in [2.45, 2.75) is 111 Å². The Morgan fingerprint density at radius 3 is 2.28 bits per heavy atom. The quantitative estimate of drug-likeness (QED) is 0.244. The molecule has 6 fully saturated rings. The number of nitrogens with one attached hydrogen (secondary N) is 1. The van der Waals surface area contributed by atoms with Crippen LogP contribution >= 0.6 is 0 Å². The number of anilines is 2. The molecule has 0 aromatic heterocycles. The van der Waals surface area contributed by atoms with Crippen LogP contribution in [0.5, 0.6) is 0 Å². The third-order valence-corrected chi connectivity index (χ3v) is 17.8. The Morgan fingerprint density at radius 1 is 0.804 bits per heavy atom. The average molecular weight is 653 g/mol. The Balaban J connectivity index is 1.03. The van der Waals surface area contributed by atoms with Crippen LogP contribution in [0.2, 0.25) is 0 Å². The van der Waals surface area contributed by atoms with E-state index in [-0.39, 0.29) is 5.54 Å². The van der Waals surface area contributed by atoms with Crippen molar-refractivity contribution >= 4 is 21.2 Å². The van der Waals surface area contributed by atoms with E-state index in [4.69, 9.17) is 5.73 Å². The second-order valence-corrected chi connectivity index (χ2v) is 20.5. The summed E-state index contributed by atoms with van der Waals surface area (Å²) in [6, 6.07) is 8.64. The maximum absolute atomic E-state index is 11.8. The summed E-state index contributed by atoms with van der Waals surface area (Å²) in [5, 5.41) is 3.96. The van der Waals surface area contributed by atoms with Gasteiger partial charge in [0.15, 0.2) is 9.84 Å². The molecule has 1 aromatic carbocycles. The standard InChI is InChI=1S/C39H64N4O2S/c1-35(2)33-15-17-38(5)34(36(33,3)20-23-43(35)30-11-9-29(40)10-12-30)14-13-31-32-8-6-16-39(32,19-18-37(31,38)4)28-41-21-7-22-42-24-26-46(44,45)27-25-42/h9-12,31-34,41H,6-8,13-28,40H2,1-5H3/t31-,32-,33?,34?,36+,37-,38-,39-/m1/s1. The van der Waals surface area contributed by atoms with Crippen molar-refractivity contribution in [1.29, 1.82) is 0 Å². The van der Waals surface area contributed by atoms with Crippen LogP contribution in [0.1, 0.15) is 105 Å². The monoisotopic (exact) mass is 652 g/mol. The molecule has 2 saturated heterocycles. The Kier molecular flexibility index (Phi) is 8.40. The summed E-state index contributed by atoms with van der Waals surface area (Å²) in [7, 11) is -2.79. The van der Waals surface area contributed by atoms with Crippen molar-refractivity contribution in [2.24, 2.45) is 45.3 Å². The summed E-state index contributed by atoms with van der Waals surface area (Å²) < 4.78 is 23.6. The van der Waals surface area contributed by atoms with Gasteiger partial charge in [-0.2, -0.15) is 0 Å². The number of nitrogen functional groups attached to an aromatic ring is 1. The van der Waals surface area contributed by atoms with E-state index in [1.54, 1.807) is 0 Å². The highest BCUT2D eigenvalue weighted by atomic mass is 32.2. The molecular weight excluding hydrogens is 589 g/mol. The summed E-state index contributed by atoms with van der Waals surface area (Å²) >= 11 is 0. The SMILES string of the molecule is CC1(C)C2CC[C@]3(C)C(CC[C@@H]4[C@H]5CCC[C@]5(CNCCCN5CCS(=O)(=O)CC5)CC[C@]43C)[C@@]2(C)CCN1c1ccc(N)cc1. The average Bonchev–Trinajstić information content (AvgIpc) is 3.43. The van der Waals surface area contributed by atoms with Crippen LogP contribution in [0.25, 0.3) is 0 Å². The summed E-state index contributed by atoms with van der Waals surface area (Å²) in [6.07, 6.45) is 15.1. The number of hydrogen-bond acceptors (Lipinski definition) is 6. The van der Waals surface area contributed by atoms with E-state index >= 15 is 0 Å². The van der Waals surface area contributed by atoms with Crippen molar-refractivity contribution in [1.82, 2.24) is 10.2 Å². The van der Waals surface area contributed by atoms with E-state index in [1.807, 2.05) is 0 Å². The van der Waals surface area contributed by atoms with Gasteiger partial charge in [0.05, 0.1) is 11.5 Å². The number of rotatable bonds is 7. The van der Waals surface area contributed by atoms with Gasteiger partial charge in [0.2, 0.25) is 0 Å². The first kappa shape index (κ1) is 33.2. The first-order chi connectivity index (χ1) is 21.7. The zero-order valence-electron chi connectivity index (χ0n) is 29.8. The Bertz CT molecular complexity index is 1370. The van der Waals surface area contributed by atoms with Crippen LogP contribution in [-0.2, 0) is 9.84 Å². The number of sulfone groups is 1. The van der Waals surface area contributed by atoms with Crippen molar-refractivity contribution in [3.8, 4) is 0 Å². The molecule has 2 aliphatic heterocycles.